The molecule has 0 aliphatic carbocycles. The van der Waals surface area contributed by atoms with Crippen LogP contribution in [0.4, 0.5) is 0 Å². The van der Waals surface area contributed by atoms with Crippen LogP contribution in [0.25, 0.3) is 0 Å². The summed E-state index contributed by atoms with van der Waals surface area (Å²) in [7, 11) is 0. The number of amides is 1. The molecule has 0 bridgehead atoms. The zero-order chi connectivity index (χ0) is 15.3. The van der Waals surface area contributed by atoms with Crippen molar-refractivity contribution in [1.29, 1.82) is 0 Å². The number of carbonyl (C=O) groups is 1. The second-order valence-corrected chi connectivity index (χ2v) is 6.02. The highest BCUT2D eigenvalue weighted by Gasteiger charge is 2.44. The molecular formula is C16H22BrNO3. The molecule has 1 aromatic rings. The molecule has 1 saturated heterocycles. The zero-order valence-electron chi connectivity index (χ0n) is 12.5. The van der Waals surface area contributed by atoms with E-state index in [4.69, 9.17) is 9.47 Å². The van der Waals surface area contributed by atoms with Crippen LogP contribution in [0.3, 0.4) is 0 Å². The summed E-state index contributed by atoms with van der Waals surface area (Å²) in [6.45, 7) is 4.91. The first-order valence-corrected chi connectivity index (χ1v) is 8.38. The maximum atomic E-state index is 12.4. The standard InChI is InChI=1S/C16H22BrNO3/c1-12(10-14-6-4-3-5-7-14)18-15(19)13(2)16(11-17)20-8-9-21-16/h3-7,12-13H,8-11H2,1-2H3,(H,18,19)/t12-,13?/m1/s1. The Morgan fingerprint density at radius 2 is 1.90 bits per heavy atom. The minimum absolute atomic E-state index is 0.0419. The molecule has 1 N–H and O–H groups in total. The third kappa shape index (κ3) is 4.05. The van der Waals surface area contributed by atoms with Crippen molar-refractivity contribution in [3.05, 3.63) is 35.9 Å². The van der Waals surface area contributed by atoms with Crippen LogP contribution in [0.5, 0.6) is 0 Å². The number of benzene rings is 1. The van der Waals surface area contributed by atoms with Crippen LogP contribution in [0.15, 0.2) is 30.3 Å². The van der Waals surface area contributed by atoms with Crippen LogP contribution in [-0.2, 0) is 20.7 Å². The van der Waals surface area contributed by atoms with E-state index in [1.807, 2.05) is 32.0 Å². The Morgan fingerprint density at radius 3 is 2.48 bits per heavy atom. The van der Waals surface area contributed by atoms with E-state index in [2.05, 4.69) is 33.4 Å². The summed E-state index contributed by atoms with van der Waals surface area (Å²) in [4.78, 5) is 12.4. The Labute approximate surface area is 134 Å². The van der Waals surface area contributed by atoms with E-state index >= 15 is 0 Å². The molecule has 116 valence electrons. The van der Waals surface area contributed by atoms with Crippen LogP contribution in [-0.4, -0.2) is 36.3 Å². The van der Waals surface area contributed by atoms with Crippen molar-refractivity contribution in [1.82, 2.24) is 5.32 Å². The van der Waals surface area contributed by atoms with Gasteiger partial charge in [0.2, 0.25) is 5.91 Å². The number of nitrogens with one attached hydrogen (secondary N) is 1. The van der Waals surface area contributed by atoms with Gasteiger partial charge in [0.25, 0.3) is 0 Å². The third-order valence-corrected chi connectivity index (χ3v) is 4.57. The third-order valence-electron chi connectivity index (χ3n) is 3.79. The summed E-state index contributed by atoms with van der Waals surface area (Å²) in [5.41, 5.74) is 1.21. The molecule has 5 heteroatoms. The van der Waals surface area contributed by atoms with E-state index in [1.54, 1.807) is 0 Å². The number of hydrogen-bond donors (Lipinski definition) is 1. The number of halogens is 1. The zero-order valence-corrected chi connectivity index (χ0v) is 14.1. The molecule has 1 unspecified atom stereocenters. The number of rotatable bonds is 6. The van der Waals surface area contributed by atoms with Crippen molar-refractivity contribution in [3.8, 4) is 0 Å². The molecule has 1 amide bonds. The fourth-order valence-corrected chi connectivity index (χ4v) is 3.31. The summed E-state index contributed by atoms with van der Waals surface area (Å²) >= 11 is 3.39. The normalized spacial score (nSPS) is 20.0. The lowest BCUT2D eigenvalue weighted by Gasteiger charge is -2.31. The van der Waals surface area contributed by atoms with E-state index < -0.39 is 5.79 Å². The fourth-order valence-electron chi connectivity index (χ4n) is 2.50. The number of hydrogen-bond acceptors (Lipinski definition) is 3. The first-order valence-electron chi connectivity index (χ1n) is 7.25. The Bertz CT molecular complexity index is 460. The molecular weight excluding hydrogens is 334 g/mol. The van der Waals surface area contributed by atoms with Crippen molar-refractivity contribution in [2.45, 2.75) is 32.1 Å². The molecule has 2 atom stereocenters. The predicted molar refractivity (Wildman–Crippen MR) is 85.3 cm³/mol. The molecule has 0 radical (unpaired) electrons. The smallest absolute Gasteiger partial charge is 0.228 e. The molecule has 1 aliphatic rings. The maximum Gasteiger partial charge on any atom is 0.228 e. The fraction of sp³-hybridized carbons (Fsp3) is 0.562. The van der Waals surface area contributed by atoms with Gasteiger partial charge in [-0.15, -0.1) is 0 Å². The van der Waals surface area contributed by atoms with Crippen LogP contribution >= 0.6 is 15.9 Å². The van der Waals surface area contributed by atoms with Crippen molar-refractivity contribution in [2.75, 3.05) is 18.5 Å². The predicted octanol–water partition coefficient (Wildman–Crippen LogP) is 2.51. The Kier molecular flexibility index (Phi) is 5.79. The van der Waals surface area contributed by atoms with Gasteiger partial charge in [-0.05, 0) is 25.8 Å². The topological polar surface area (TPSA) is 47.6 Å². The lowest BCUT2D eigenvalue weighted by Crippen LogP contribution is -2.49. The van der Waals surface area contributed by atoms with Crippen molar-refractivity contribution >= 4 is 21.8 Å². The van der Waals surface area contributed by atoms with Gasteiger partial charge in [0.1, 0.15) is 0 Å². The van der Waals surface area contributed by atoms with Gasteiger partial charge in [0.15, 0.2) is 5.79 Å². The van der Waals surface area contributed by atoms with Gasteiger partial charge >= 0.3 is 0 Å². The molecule has 0 aromatic heterocycles. The Hall–Kier alpha value is -0.910. The highest BCUT2D eigenvalue weighted by Crippen LogP contribution is 2.30. The highest BCUT2D eigenvalue weighted by atomic mass is 79.9. The average molecular weight is 356 g/mol. The van der Waals surface area contributed by atoms with Gasteiger partial charge in [-0.3, -0.25) is 4.79 Å². The summed E-state index contributed by atoms with van der Waals surface area (Å²) in [5, 5.41) is 3.53. The Balaban J connectivity index is 1.91. The van der Waals surface area contributed by atoms with E-state index in [0.29, 0.717) is 18.5 Å². The molecule has 1 fully saturated rings. The first kappa shape index (κ1) is 16.5. The molecule has 0 spiro atoms. The minimum atomic E-state index is -0.837. The second kappa shape index (κ2) is 7.38. The van der Waals surface area contributed by atoms with Gasteiger partial charge < -0.3 is 14.8 Å². The molecule has 1 aromatic carbocycles. The molecule has 4 nitrogen and oxygen atoms in total. The Morgan fingerprint density at radius 1 is 1.29 bits per heavy atom. The molecule has 21 heavy (non-hydrogen) atoms. The van der Waals surface area contributed by atoms with Crippen LogP contribution in [0.2, 0.25) is 0 Å². The lowest BCUT2D eigenvalue weighted by molar-refractivity contribution is -0.180. The first-order chi connectivity index (χ1) is 10.1. The van der Waals surface area contributed by atoms with Crippen molar-refractivity contribution in [2.24, 2.45) is 5.92 Å². The van der Waals surface area contributed by atoms with Gasteiger partial charge in [0, 0.05) is 6.04 Å². The van der Waals surface area contributed by atoms with Gasteiger partial charge in [0.05, 0.1) is 24.5 Å². The van der Waals surface area contributed by atoms with Crippen LogP contribution in [0.1, 0.15) is 19.4 Å². The quantitative estimate of drug-likeness (QED) is 0.797. The summed E-state index contributed by atoms with van der Waals surface area (Å²) < 4.78 is 11.3. The average Bonchev–Trinajstić information content (AvgIpc) is 2.97. The van der Waals surface area contributed by atoms with Gasteiger partial charge in [-0.1, -0.05) is 46.3 Å². The minimum Gasteiger partial charge on any atom is -0.353 e. The molecule has 0 saturated carbocycles. The number of ether oxygens (including phenoxy) is 2. The van der Waals surface area contributed by atoms with Crippen LogP contribution in [0, 0.1) is 5.92 Å². The summed E-state index contributed by atoms with van der Waals surface area (Å²) in [5.74, 6) is -1.24. The monoisotopic (exact) mass is 355 g/mol. The van der Waals surface area contributed by atoms with Crippen LogP contribution < -0.4 is 5.32 Å². The van der Waals surface area contributed by atoms with E-state index in [9.17, 15) is 4.79 Å². The van der Waals surface area contributed by atoms with Gasteiger partial charge in [-0.25, -0.2) is 0 Å². The van der Waals surface area contributed by atoms with Gasteiger partial charge in [-0.2, -0.15) is 0 Å². The second-order valence-electron chi connectivity index (χ2n) is 5.46. The van der Waals surface area contributed by atoms with E-state index in [1.165, 1.54) is 5.56 Å². The van der Waals surface area contributed by atoms with E-state index in [0.717, 1.165) is 6.42 Å². The summed E-state index contributed by atoms with van der Waals surface area (Å²) in [6, 6.07) is 10.2. The number of alkyl halides is 1. The lowest BCUT2D eigenvalue weighted by atomic mass is 10.00. The molecule has 1 aliphatic heterocycles. The largest absolute Gasteiger partial charge is 0.353 e. The highest BCUT2D eigenvalue weighted by molar-refractivity contribution is 9.09. The summed E-state index contributed by atoms with van der Waals surface area (Å²) in [6.07, 6.45) is 0.808. The van der Waals surface area contributed by atoms with Crippen molar-refractivity contribution < 1.29 is 14.3 Å². The molecule has 2 rings (SSSR count). The van der Waals surface area contributed by atoms with E-state index in [-0.39, 0.29) is 17.9 Å². The number of carbonyl (C=O) groups excluding carboxylic acids is 1. The SMILES string of the molecule is CC(C(=O)N[C@H](C)Cc1ccccc1)C1(CBr)OCCO1. The maximum absolute atomic E-state index is 12.4. The van der Waals surface area contributed by atoms with Crippen molar-refractivity contribution in [3.63, 3.8) is 0 Å². The molecule has 1 heterocycles.